The van der Waals surface area contributed by atoms with Gasteiger partial charge in [-0.3, -0.25) is 47.9 Å². The van der Waals surface area contributed by atoms with Crippen LogP contribution in [0.5, 0.6) is 0 Å². The van der Waals surface area contributed by atoms with Gasteiger partial charge in [-0.25, -0.2) is 9.59 Å². The number of nitrogens with one attached hydrogen (secondary N) is 10. The number of aliphatic hydroxyl groups is 4. The zero-order chi connectivity index (χ0) is 64.2. The highest BCUT2D eigenvalue weighted by atomic mass is 35.5. The maximum atomic E-state index is 14.3. The number of nitrogens with two attached hydrogens (primary N) is 3. The molecule has 0 saturated carbocycles. The molecule has 0 bridgehead atoms. The van der Waals surface area contributed by atoms with Crippen molar-refractivity contribution in [3.05, 3.63) is 11.8 Å². The van der Waals surface area contributed by atoms with Crippen LogP contribution >= 0.6 is 11.6 Å². The average molecular weight is 1230 g/mol. The van der Waals surface area contributed by atoms with Gasteiger partial charge >= 0.3 is 11.9 Å². The van der Waals surface area contributed by atoms with Gasteiger partial charge in [-0.05, 0) is 78.9 Å². The minimum absolute atomic E-state index is 0.0411. The molecule has 1 aliphatic heterocycles. The molecular weight excluding hydrogens is 1140 g/mol. The summed E-state index contributed by atoms with van der Waals surface area (Å²) >= 11 is 5.92. The van der Waals surface area contributed by atoms with Crippen molar-refractivity contribution < 1.29 is 87.8 Å². The summed E-state index contributed by atoms with van der Waals surface area (Å²) in [6.45, 7) is 4.30. The van der Waals surface area contributed by atoms with Gasteiger partial charge < -0.3 is 101 Å². The number of halogens is 1. The normalized spacial score (nSPS) is 24.2. The quantitative estimate of drug-likeness (QED) is 0.0144. The number of rotatable bonds is 29. The molecule has 21 N–H and O–H groups in total. The number of alkyl halides is 1. The van der Waals surface area contributed by atoms with Crippen LogP contribution in [-0.4, -0.2) is 208 Å². The Labute approximate surface area is 499 Å². The van der Waals surface area contributed by atoms with Gasteiger partial charge in [-0.15, -0.1) is 11.6 Å². The van der Waals surface area contributed by atoms with E-state index in [9.17, 15) is 83.1 Å². The van der Waals surface area contributed by atoms with Crippen molar-refractivity contribution in [3.63, 3.8) is 0 Å². The minimum Gasteiger partial charge on any atom is -0.479 e. The summed E-state index contributed by atoms with van der Waals surface area (Å²) in [5, 5.41) is 75.6. The lowest BCUT2D eigenvalue weighted by molar-refractivity contribution is -0.153. The van der Waals surface area contributed by atoms with Crippen LogP contribution in [0.3, 0.4) is 0 Å². The third kappa shape index (κ3) is 28.9. The topological polar surface area (TPSA) is 514 Å². The van der Waals surface area contributed by atoms with E-state index >= 15 is 0 Å². The lowest BCUT2D eigenvalue weighted by Gasteiger charge is -2.29. The van der Waals surface area contributed by atoms with Crippen LogP contribution in [0.15, 0.2) is 11.8 Å². The van der Waals surface area contributed by atoms with E-state index in [0.717, 1.165) is 64.4 Å². The Kier molecular flexibility index (Phi) is 38.0. The molecule has 1 heterocycles. The number of ether oxygens (including phenoxy) is 1. The fraction of sp³-hybridized carbons (Fsp3) is 0.736. The molecule has 85 heavy (non-hydrogen) atoms. The van der Waals surface area contributed by atoms with Crippen molar-refractivity contribution in [2.45, 2.75) is 210 Å². The first-order valence-corrected chi connectivity index (χ1v) is 29.3. The second kappa shape index (κ2) is 42.2. The molecule has 10 amide bonds. The first-order chi connectivity index (χ1) is 40.3. The Hall–Kier alpha value is -6.61. The summed E-state index contributed by atoms with van der Waals surface area (Å²) in [5.74, 6) is -16.3. The van der Waals surface area contributed by atoms with E-state index in [2.05, 4.69) is 60.1 Å². The molecule has 0 aromatic carbocycles. The van der Waals surface area contributed by atoms with Gasteiger partial charge in [0, 0.05) is 6.54 Å². The molecule has 1 aliphatic rings. The third-order valence-electron chi connectivity index (χ3n) is 13.3. The van der Waals surface area contributed by atoms with Gasteiger partial charge in [0.15, 0.2) is 12.1 Å². The molecule has 12 atom stereocenters. The Morgan fingerprint density at radius 3 is 1.67 bits per heavy atom. The van der Waals surface area contributed by atoms with Crippen LogP contribution in [0, 0.1) is 0 Å². The van der Waals surface area contributed by atoms with Gasteiger partial charge in [-0.1, -0.05) is 70.8 Å². The summed E-state index contributed by atoms with van der Waals surface area (Å²) in [6.07, 6.45) is 0.261. The maximum absolute atomic E-state index is 14.3. The predicted octanol–water partition coefficient (Wildman–Crippen LogP) is -5.11. The molecule has 32 heteroatoms. The fourth-order valence-corrected chi connectivity index (χ4v) is 8.69. The van der Waals surface area contributed by atoms with Crippen molar-refractivity contribution in [1.29, 1.82) is 0 Å². The number of carboxylic acids is 1. The Balaban J connectivity index is 4.06. The molecule has 1 fully saturated rings. The monoisotopic (exact) mass is 1230 g/mol. The van der Waals surface area contributed by atoms with Crippen molar-refractivity contribution in [2.75, 3.05) is 38.7 Å². The van der Waals surface area contributed by atoms with E-state index in [4.69, 9.17) is 33.5 Å². The number of carboxylic acid groups (broad SMARTS) is 1. The Morgan fingerprint density at radius 2 is 1.14 bits per heavy atom. The second-order valence-corrected chi connectivity index (χ2v) is 20.7. The van der Waals surface area contributed by atoms with E-state index in [1.54, 1.807) is 6.92 Å². The number of cyclic esters (lactones) is 1. The van der Waals surface area contributed by atoms with Crippen molar-refractivity contribution in [3.8, 4) is 0 Å². The number of allylic oxidation sites excluding steroid dienone is 1. The van der Waals surface area contributed by atoms with Crippen LogP contribution in [0.1, 0.15) is 137 Å². The minimum atomic E-state index is -2.74. The van der Waals surface area contributed by atoms with Crippen LogP contribution in [0.25, 0.3) is 0 Å². The lowest BCUT2D eigenvalue weighted by atomic mass is 10.0. The average Bonchev–Trinajstić information content (AvgIpc) is 3.67. The molecule has 6 unspecified atom stereocenters. The molecule has 1 rings (SSSR count). The van der Waals surface area contributed by atoms with Crippen LogP contribution in [0.4, 0.5) is 0 Å². The number of aliphatic hydroxyl groups excluding tert-OH is 4. The third-order valence-corrected chi connectivity index (χ3v) is 13.7. The number of carbonyl (C=O) groups excluding carboxylic acids is 11. The Morgan fingerprint density at radius 1 is 0.624 bits per heavy atom. The zero-order valence-corrected chi connectivity index (χ0v) is 49.7. The van der Waals surface area contributed by atoms with Gasteiger partial charge in [0.25, 0.3) is 5.91 Å². The first-order valence-electron chi connectivity index (χ1n) is 28.8. The number of unbranched alkanes of at least 4 members (excludes halogenated alkanes) is 9. The predicted molar refractivity (Wildman–Crippen MR) is 306 cm³/mol. The van der Waals surface area contributed by atoms with E-state index < -0.39 is 188 Å². The summed E-state index contributed by atoms with van der Waals surface area (Å²) in [4.78, 5) is 165. The molecular formula is C53H92ClN13O18. The summed E-state index contributed by atoms with van der Waals surface area (Å²) in [5.41, 5.74) is 16.6. The largest absolute Gasteiger partial charge is 0.479 e. The molecule has 0 aromatic rings. The Bertz CT molecular complexity index is 2230. The smallest absolute Gasteiger partial charge is 0.335 e. The summed E-state index contributed by atoms with van der Waals surface area (Å²) in [7, 11) is 0. The van der Waals surface area contributed by atoms with Crippen molar-refractivity contribution in [2.24, 2.45) is 17.2 Å². The van der Waals surface area contributed by atoms with Gasteiger partial charge in [-0.2, -0.15) is 0 Å². The molecule has 0 aromatic heterocycles. The number of carbonyl (C=O) groups is 12. The fourth-order valence-electron chi connectivity index (χ4n) is 8.51. The highest BCUT2D eigenvalue weighted by molar-refractivity contribution is 6.18. The molecule has 484 valence electrons. The number of aliphatic carboxylic acids is 1. The van der Waals surface area contributed by atoms with Crippen molar-refractivity contribution >= 4 is 82.6 Å². The molecule has 1 saturated heterocycles. The summed E-state index contributed by atoms with van der Waals surface area (Å²) < 4.78 is 5.38. The van der Waals surface area contributed by atoms with Crippen molar-refractivity contribution in [1.82, 2.24) is 53.2 Å². The molecule has 0 spiro atoms. The van der Waals surface area contributed by atoms with Gasteiger partial charge in [0.1, 0.15) is 54.6 Å². The van der Waals surface area contributed by atoms with Gasteiger partial charge in [0.05, 0.1) is 37.0 Å². The van der Waals surface area contributed by atoms with Crippen LogP contribution in [0.2, 0.25) is 0 Å². The standard InChI is InChI=1S/C53H92ClN13O18/c1-5-8-9-10-11-12-13-14-15-18-30(69)25-39(72)59-36-28-85-53(84)41(37(70)27-54)66-44(74)31(6-2)60-50(80)40(29(4)68)65-47(77)34(21-24-57)63-51(81)42(43(73)52(82)83)67-46(76)32(19-16-17-22-55)61-48(78)35(26-38(71)58-7-3)64-45(75)33(20-23-56)62-49(36)79/h6,29-30,32-37,40-43,68-70,73H,5,7-28,55-57H2,1-4H3,(H,58,71)(H,59,72)(H,60,80)(H,61,78)(H,62,79)(H,63,81)(H,64,75)(H,65,77)(H,66,74)(H,67,76)(H,82,83)/b31-6+/t29-,30+,32?,33?,34-,35-,36?,37+,40?,41?,42?,43-/m0/s1. The number of amides is 10. The van der Waals surface area contributed by atoms with E-state index in [0.29, 0.717) is 6.42 Å². The molecule has 31 nitrogen and oxygen atoms in total. The molecule has 0 radical (unpaired) electrons. The number of hydrogen-bond acceptors (Lipinski definition) is 20. The highest BCUT2D eigenvalue weighted by Crippen LogP contribution is 2.14. The summed E-state index contributed by atoms with van der Waals surface area (Å²) in [6, 6.07) is -15.6. The number of esters is 1. The second-order valence-electron chi connectivity index (χ2n) is 20.4. The van der Waals surface area contributed by atoms with Gasteiger partial charge in [0.2, 0.25) is 53.2 Å². The van der Waals surface area contributed by atoms with Crippen LogP contribution < -0.4 is 70.4 Å². The van der Waals surface area contributed by atoms with Crippen LogP contribution in [-0.2, 0) is 62.3 Å². The first kappa shape index (κ1) is 76.4. The SMILES string of the molecule is C/C=C1/NC(=O)C([C@H](C)O)NC(=O)[C@H](CCN)NC(=O)C([C@H](O)C(=O)O)NC(=O)C(CCCCN)NC(=O)[C@H](CC(=O)NCC)NC(=O)C(CCN)NC(=O)C(NC(=O)C[C@H](O)CCCCCCCCCCC)COC(=O)C([C@H](O)CCl)NC1=O. The van der Waals surface area contributed by atoms with E-state index in [-0.39, 0.29) is 51.9 Å². The van der Waals surface area contributed by atoms with E-state index in [1.165, 1.54) is 6.92 Å². The number of hydrogen-bond donors (Lipinski definition) is 18. The highest BCUT2D eigenvalue weighted by Gasteiger charge is 2.40. The zero-order valence-electron chi connectivity index (χ0n) is 48.9. The van der Waals surface area contributed by atoms with E-state index in [1.807, 2.05) is 0 Å². The molecule has 0 aliphatic carbocycles. The lowest BCUT2D eigenvalue weighted by Crippen LogP contribution is -2.63. The maximum Gasteiger partial charge on any atom is 0.335 e.